The molecule has 0 bridgehead atoms. The number of carbonyl (C=O) groups excluding carboxylic acids is 2. The van der Waals surface area contributed by atoms with E-state index in [0.29, 0.717) is 11.4 Å². The predicted octanol–water partition coefficient (Wildman–Crippen LogP) is 4.18. The smallest absolute Gasteiger partial charge is 0.338 e. The van der Waals surface area contributed by atoms with Gasteiger partial charge in [-0.25, -0.2) is 9.78 Å². The maximum Gasteiger partial charge on any atom is 0.338 e. The monoisotopic (exact) mass is 421 g/mol. The number of aromatic nitrogens is 2. The van der Waals surface area contributed by atoms with E-state index in [4.69, 9.17) is 9.47 Å². The van der Waals surface area contributed by atoms with Gasteiger partial charge < -0.3 is 19.4 Å². The van der Waals surface area contributed by atoms with Gasteiger partial charge in [0.05, 0.1) is 23.7 Å². The summed E-state index contributed by atoms with van der Waals surface area (Å²) in [6.45, 7) is 3.84. The van der Waals surface area contributed by atoms with Crippen molar-refractivity contribution >= 4 is 22.9 Å². The van der Waals surface area contributed by atoms with Gasteiger partial charge >= 0.3 is 5.97 Å². The SMILES string of the molecule is COc1ccc(-c2nc3ccc(C(=O)OCC(=O)N4[C@@H](C)CCC[C@@H]4C)cc3[nH]2)cc1. The molecule has 0 saturated carbocycles. The van der Waals surface area contributed by atoms with Crippen LogP contribution in [-0.2, 0) is 9.53 Å². The molecule has 7 heteroatoms. The van der Waals surface area contributed by atoms with Crippen molar-refractivity contribution in [3.63, 3.8) is 0 Å². The molecule has 2 atom stereocenters. The van der Waals surface area contributed by atoms with Crippen LogP contribution in [0.15, 0.2) is 42.5 Å². The van der Waals surface area contributed by atoms with Crippen LogP contribution in [0.1, 0.15) is 43.5 Å². The number of esters is 1. The Hall–Kier alpha value is -3.35. The van der Waals surface area contributed by atoms with Crippen molar-refractivity contribution in [1.82, 2.24) is 14.9 Å². The Morgan fingerprint density at radius 3 is 2.48 bits per heavy atom. The normalized spacial score (nSPS) is 18.7. The summed E-state index contributed by atoms with van der Waals surface area (Å²) in [5.41, 5.74) is 2.76. The van der Waals surface area contributed by atoms with Crippen LogP contribution in [0, 0.1) is 0 Å². The molecule has 0 spiro atoms. The molecular weight excluding hydrogens is 394 g/mol. The highest BCUT2D eigenvalue weighted by Crippen LogP contribution is 2.24. The van der Waals surface area contributed by atoms with Gasteiger partial charge in [0.15, 0.2) is 6.61 Å². The van der Waals surface area contributed by atoms with Crippen LogP contribution >= 0.6 is 0 Å². The van der Waals surface area contributed by atoms with E-state index < -0.39 is 5.97 Å². The molecule has 3 aromatic rings. The molecule has 1 fully saturated rings. The minimum atomic E-state index is -0.520. The van der Waals surface area contributed by atoms with Gasteiger partial charge in [0.2, 0.25) is 0 Å². The summed E-state index contributed by atoms with van der Waals surface area (Å²) in [7, 11) is 1.62. The fraction of sp³-hybridized carbons (Fsp3) is 0.375. The van der Waals surface area contributed by atoms with Crippen molar-refractivity contribution in [3.05, 3.63) is 48.0 Å². The lowest BCUT2D eigenvalue weighted by Crippen LogP contribution is -2.49. The van der Waals surface area contributed by atoms with E-state index in [9.17, 15) is 9.59 Å². The molecule has 1 N–H and O–H groups in total. The number of H-pyrrole nitrogens is 1. The third-order valence-corrected chi connectivity index (χ3v) is 5.89. The number of ether oxygens (including phenoxy) is 2. The standard InChI is InChI=1S/C24H27N3O4/c1-15-5-4-6-16(2)27(15)22(28)14-31-24(29)18-9-12-20-21(13-18)26-23(25-20)17-7-10-19(30-3)11-8-17/h7-13,15-16H,4-6,14H2,1-3H3,(H,25,26)/t15-,16-/m0/s1. The molecule has 1 amide bonds. The highest BCUT2D eigenvalue weighted by atomic mass is 16.5. The van der Waals surface area contributed by atoms with Gasteiger partial charge in [0.25, 0.3) is 5.91 Å². The van der Waals surface area contributed by atoms with Crippen LogP contribution in [0.2, 0.25) is 0 Å². The zero-order chi connectivity index (χ0) is 22.0. The van der Waals surface area contributed by atoms with Crippen LogP contribution in [0.25, 0.3) is 22.4 Å². The Labute approximate surface area is 181 Å². The number of methoxy groups -OCH3 is 1. The summed E-state index contributed by atoms with van der Waals surface area (Å²) in [6.07, 6.45) is 3.09. The van der Waals surface area contributed by atoms with Crippen LogP contribution in [0.4, 0.5) is 0 Å². The number of fused-ring (bicyclic) bond motifs is 1. The molecular formula is C24H27N3O4. The number of hydrogen-bond donors (Lipinski definition) is 1. The van der Waals surface area contributed by atoms with Gasteiger partial charge in [-0.05, 0) is 75.6 Å². The molecule has 0 unspecified atom stereocenters. The Bertz CT molecular complexity index is 1080. The number of rotatable bonds is 5. The highest BCUT2D eigenvalue weighted by Gasteiger charge is 2.29. The van der Waals surface area contributed by atoms with Gasteiger partial charge in [0.1, 0.15) is 11.6 Å². The second-order valence-electron chi connectivity index (χ2n) is 8.05. The first-order valence-corrected chi connectivity index (χ1v) is 10.6. The lowest BCUT2D eigenvalue weighted by molar-refractivity contribution is -0.140. The van der Waals surface area contributed by atoms with Gasteiger partial charge in [-0.3, -0.25) is 4.79 Å². The van der Waals surface area contributed by atoms with E-state index in [1.165, 1.54) is 0 Å². The molecule has 0 radical (unpaired) electrons. The van der Waals surface area contributed by atoms with Crippen molar-refractivity contribution in [2.75, 3.05) is 13.7 Å². The van der Waals surface area contributed by atoms with Crippen molar-refractivity contribution in [2.24, 2.45) is 0 Å². The second-order valence-corrected chi connectivity index (χ2v) is 8.05. The molecule has 4 rings (SSSR count). The van der Waals surface area contributed by atoms with Gasteiger partial charge in [-0.15, -0.1) is 0 Å². The number of nitrogens with zero attached hydrogens (tertiary/aromatic N) is 2. The molecule has 162 valence electrons. The molecule has 0 aliphatic carbocycles. The quantitative estimate of drug-likeness (QED) is 0.625. The van der Waals surface area contributed by atoms with Crippen LogP contribution in [0.3, 0.4) is 0 Å². The third kappa shape index (κ3) is 4.40. The van der Waals surface area contributed by atoms with E-state index in [2.05, 4.69) is 9.97 Å². The number of hydrogen-bond acceptors (Lipinski definition) is 5. The number of carbonyl (C=O) groups is 2. The molecule has 31 heavy (non-hydrogen) atoms. The van der Waals surface area contributed by atoms with E-state index >= 15 is 0 Å². The summed E-state index contributed by atoms with van der Waals surface area (Å²) in [5.74, 6) is 0.810. The summed E-state index contributed by atoms with van der Waals surface area (Å²) in [5, 5.41) is 0. The molecule has 1 aliphatic rings. The average Bonchev–Trinajstić information content (AvgIpc) is 3.21. The lowest BCUT2D eigenvalue weighted by Gasteiger charge is -2.38. The minimum absolute atomic E-state index is 0.141. The van der Waals surface area contributed by atoms with Crippen LogP contribution in [0.5, 0.6) is 5.75 Å². The number of benzene rings is 2. The fourth-order valence-electron chi connectivity index (χ4n) is 4.22. The van der Waals surface area contributed by atoms with E-state index in [1.807, 2.05) is 43.0 Å². The number of nitrogens with one attached hydrogen (secondary N) is 1. The van der Waals surface area contributed by atoms with Crippen LogP contribution < -0.4 is 4.74 Å². The van der Waals surface area contributed by atoms with E-state index in [0.717, 1.165) is 41.6 Å². The van der Waals surface area contributed by atoms with Gasteiger partial charge in [0, 0.05) is 17.6 Å². The minimum Gasteiger partial charge on any atom is -0.497 e. The molecule has 2 aromatic carbocycles. The van der Waals surface area contributed by atoms with Gasteiger partial charge in [-0.2, -0.15) is 0 Å². The van der Waals surface area contributed by atoms with Gasteiger partial charge in [-0.1, -0.05) is 0 Å². The Kier molecular flexibility index (Phi) is 5.93. The van der Waals surface area contributed by atoms with Crippen molar-refractivity contribution in [2.45, 2.75) is 45.2 Å². The number of aromatic amines is 1. The number of amides is 1. The third-order valence-electron chi connectivity index (χ3n) is 5.89. The fourth-order valence-corrected chi connectivity index (χ4v) is 4.22. The summed E-state index contributed by atoms with van der Waals surface area (Å²) < 4.78 is 10.5. The maximum atomic E-state index is 12.6. The Morgan fingerprint density at radius 1 is 1.10 bits per heavy atom. The first-order valence-electron chi connectivity index (χ1n) is 10.6. The van der Waals surface area contributed by atoms with E-state index in [1.54, 1.807) is 25.3 Å². The van der Waals surface area contributed by atoms with Crippen molar-refractivity contribution in [3.8, 4) is 17.1 Å². The number of piperidine rings is 1. The number of likely N-dealkylation sites (tertiary alicyclic amines) is 1. The lowest BCUT2D eigenvalue weighted by atomic mass is 9.97. The predicted molar refractivity (Wildman–Crippen MR) is 118 cm³/mol. The largest absolute Gasteiger partial charge is 0.497 e. The molecule has 2 heterocycles. The van der Waals surface area contributed by atoms with Crippen molar-refractivity contribution < 1.29 is 19.1 Å². The zero-order valence-corrected chi connectivity index (χ0v) is 18.1. The first kappa shape index (κ1) is 20.9. The zero-order valence-electron chi connectivity index (χ0n) is 18.1. The average molecular weight is 421 g/mol. The van der Waals surface area contributed by atoms with Crippen molar-refractivity contribution in [1.29, 1.82) is 0 Å². The molecule has 1 saturated heterocycles. The first-order chi connectivity index (χ1) is 15.0. The Morgan fingerprint density at radius 2 is 1.81 bits per heavy atom. The maximum absolute atomic E-state index is 12.6. The van der Waals surface area contributed by atoms with E-state index in [-0.39, 0.29) is 24.6 Å². The molecule has 7 nitrogen and oxygen atoms in total. The Balaban J connectivity index is 1.45. The number of imidazole rings is 1. The molecule has 1 aromatic heterocycles. The molecule has 1 aliphatic heterocycles. The topological polar surface area (TPSA) is 84.5 Å². The summed E-state index contributed by atoms with van der Waals surface area (Å²) in [6, 6.07) is 13.1. The highest BCUT2D eigenvalue weighted by molar-refractivity contribution is 5.95. The van der Waals surface area contributed by atoms with Crippen LogP contribution in [-0.4, -0.2) is 52.5 Å². The second kappa shape index (κ2) is 8.79. The summed E-state index contributed by atoms with van der Waals surface area (Å²) in [4.78, 5) is 34.8. The summed E-state index contributed by atoms with van der Waals surface area (Å²) >= 11 is 0.